The number of hydrogen-bond donors (Lipinski definition) is 2. The van der Waals surface area contributed by atoms with Gasteiger partial charge in [-0.05, 0) is 30.3 Å². The van der Waals surface area contributed by atoms with Crippen LogP contribution in [0.4, 0.5) is 37.7 Å². The van der Waals surface area contributed by atoms with Gasteiger partial charge in [-0.2, -0.15) is 26.3 Å². The Hall–Kier alpha value is -3.04. The van der Waals surface area contributed by atoms with Gasteiger partial charge in [-0.25, -0.2) is 0 Å². The SMILES string of the molecule is O=C(Nc1cccc(NC(=O)C(F)(F)F)c1)c1ccccc1C(F)(F)F. The lowest BCUT2D eigenvalue weighted by Gasteiger charge is -2.13. The minimum absolute atomic E-state index is 0.0908. The smallest absolute Gasteiger partial charge is 0.322 e. The second-order valence-electron chi connectivity index (χ2n) is 5.03. The third-order valence-electron chi connectivity index (χ3n) is 3.11. The quantitative estimate of drug-likeness (QED) is 0.778. The largest absolute Gasteiger partial charge is 0.471 e. The van der Waals surface area contributed by atoms with Gasteiger partial charge in [0.25, 0.3) is 5.91 Å². The summed E-state index contributed by atoms with van der Waals surface area (Å²) < 4.78 is 75.5. The molecule has 0 radical (unpaired) electrons. The minimum Gasteiger partial charge on any atom is -0.322 e. The molecule has 0 aliphatic carbocycles. The van der Waals surface area contributed by atoms with Crippen molar-refractivity contribution in [3.8, 4) is 0 Å². The highest BCUT2D eigenvalue weighted by Gasteiger charge is 2.38. The molecule has 0 spiro atoms. The molecule has 0 fully saturated rings. The van der Waals surface area contributed by atoms with Gasteiger partial charge in [0, 0.05) is 11.4 Å². The summed E-state index contributed by atoms with van der Waals surface area (Å²) >= 11 is 0. The molecule has 10 heteroatoms. The number of amides is 2. The highest BCUT2D eigenvalue weighted by atomic mass is 19.4. The Morgan fingerprint density at radius 2 is 1.35 bits per heavy atom. The normalized spacial score (nSPS) is 11.8. The monoisotopic (exact) mass is 376 g/mol. The summed E-state index contributed by atoms with van der Waals surface area (Å²) in [6.45, 7) is 0. The van der Waals surface area contributed by atoms with Crippen molar-refractivity contribution in [3.63, 3.8) is 0 Å². The van der Waals surface area contributed by atoms with Gasteiger partial charge in [0.15, 0.2) is 0 Å². The maximum atomic E-state index is 12.9. The maximum absolute atomic E-state index is 12.9. The van der Waals surface area contributed by atoms with Crippen LogP contribution in [0.15, 0.2) is 48.5 Å². The van der Waals surface area contributed by atoms with Gasteiger partial charge in [-0.3, -0.25) is 9.59 Å². The summed E-state index contributed by atoms with van der Waals surface area (Å²) in [6.07, 6.45) is -9.86. The van der Waals surface area contributed by atoms with Crippen LogP contribution >= 0.6 is 0 Å². The van der Waals surface area contributed by atoms with Gasteiger partial charge >= 0.3 is 18.3 Å². The number of nitrogens with one attached hydrogen (secondary N) is 2. The van der Waals surface area contributed by atoms with E-state index in [4.69, 9.17) is 0 Å². The first-order chi connectivity index (χ1) is 12.0. The molecule has 0 bridgehead atoms. The summed E-state index contributed by atoms with van der Waals surface area (Å²) in [5.74, 6) is -3.32. The van der Waals surface area contributed by atoms with Gasteiger partial charge in [0.05, 0.1) is 11.1 Å². The summed E-state index contributed by atoms with van der Waals surface area (Å²) in [4.78, 5) is 23.0. The van der Waals surface area contributed by atoms with Crippen molar-refractivity contribution in [2.24, 2.45) is 0 Å². The third kappa shape index (κ3) is 4.74. The van der Waals surface area contributed by atoms with Crippen molar-refractivity contribution in [3.05, 3.63) is 59.7 Å². The molecule has 2 aromatic carbocycles. The highest BCUT2D eigenvalue weighted by Crippen LogP contribution is 2.32. The van der Waals surface area contributed by atoms with Gasteiger partial charge in [0.2, 0.25) is 0 Å². The molecule has 26 heavy (non-hydrogen) atoms. The van der Waals surface area contributed by atoms with Crippen molar-refractivity contribution < 1.29 is 35.9 Å². The second kappa shape index (κ2) is 7.06. The van der Waals surface area contributed by atoms with Crippen molar-refractivity contribution in [2.75, 3.05) is 10.6 Å². The number of carbonyl (C=O) groups is 2. The van der Waals surface area contributed by atoms with Crippen molar-refractivity contribution in [1.82, 2.24) is 0 Å². The number of hydrogen-bond acceptors (Lipinski definition) is 2. The molecule has 2 rings (SSSR count). The number of halogens is 6. The zero-order valence-corrected chi connectivity index (χ0v) is 12.7. The molecule has 4 nitrogen and oxygen atoms in total. The molecule has 0 aliphatic heterocycles. The molecular weight excluding hydrogens is 366 g/mol. The summed E-state index contributed by atoms with van der Waals surface area (Å²) in [5.41, 5.74) is -2.18. The Bertz CT molecular complexity index is 830. The predicted octanol–water partition coefficient (Wildman–Crippen LogP) is 4.46. The molecule has 0 saturated carbocycles. The zero-order chi connectivity index (χ0) is 19.5. The van der Waals surface area contributed by atoms with Crippen LogP contribution in [0.5, 0.6) is 0 Å². The second-order valence-corrected chi connectivity index (χ2v) is 5.03. The molecule has 0 atom stereocenters. The zero-order valence-electron chi connectivity index (χ0n) is 12.7. The Kier molecular flexibility index (Phi) is 5.24. The molecule has 2 aromatic rings. The molecule has 2 amide bonds. The number of rotatable bonds is 3. The van der Waals surface area contributed by atoms with E-state index < -0.39 is 35.3 Å². The van der Waals surface area contributed by atoms with Crippen LogP contribution < -0.4 is 10.6 Å². The first kappa shape index (κ1) is 19.3. The average molecular weight is 376 g/mol. The summed E-state index contributed by atoms with van der Waals surface area (Å²) in [5, 5.41) is 3.73. The molecule has 0 saturated heterocycles. The van der Waals surface area contributed by atoms with E-state index in [2.05, 4.69) is 5.32 Å². The van der Waals surface area contributed by atoms with Crippen LogP contribution in [0.3, 0.4) is 0 Å². The number of benzene rings is 2. The lowest BCUT2D eigenvalue weighted by molar-refractivity contribution is -0.167. The molecule has 0 aliphatic rings. The lowest BCUT2D eigenvalue weighted by Crippen LogP contribution is -2.29. The maximum Gasteiger partial charge on any atom is 0.471 e. The van der Waals surface area contributed by atoms with Crippen molar-refractivity contribution in [2.45, 2.75) is 12.4 Å². The van der Waals surface area contributed by atoms with Gasteiger partial charge in [-0.1, -0.05) is 18.2 Å². The van der Waals surface area contributed by atoms with Crippen LogP contribution in [0.2, 0.25) is 0 Å². The number of anilines is 2. The fourth-order valence-corrected chi connectivity index (χ4v) is 2.00. The molecule has 0 heterocycles. The van der Waals surface area contributed by atoms with E-state index in [0.29, 0.717) is 0 Å². The fraction of sp³-hybridized carbons (Fsp3) is 0.125. The van der Waals surface area contributed by atoms with Gasteiger partial charge < -0.3 is 10.6 Å². The van der Waals surface area contributed by atoms with E-state index in [1.807, 2.05) is 0 Å². The third-order valence-corrected chi connectivity index (χ3v) is 3.11. The molecular formula is C16H10F6N2O2. The average Bonchev–Trinajstić information content (AvgIpc) is 2.53. The van der Waals surface area contributed by atoms with E-state index in [0.717, 1.165) is 30.3 Å². The summed E-state index contributed by atoms with van der Waals surface area (Å²) in [7, 11) is 0. The fourth-order valence-electron chi connectivity index (χ4n) is 2.00. The molecule has 0 unspecified atom stereocenters. The Balaban J connectivity index is 2.21. The Labute approximate surface area is 142 Å². The van der Waals surface area contributed by atoms with E-state index in [9.17, 15) is 35.9 Å². The standard InChI is InChI=1S/C16H10F6N2O2/c17-15(18,19)12-7-2-1-6-11(12)13(25)23-9-4-3-5-10(8-9)24-14(26)16(20,21)22/h1-8H,(H,23,25)(H,24,26). The van der Waals surface area contributed by atoms with E-state index in [-0.39, 0.29) is 11.4 Å². The van der Waals surface area contributed by atoms with Crippen LogP contribution in [-0.2, 0) is 11.0 Å². The first-order valence-electron chi connectivity index (χ1n) is 6.94. The predicted molar refractivity (Wildman–Crippen MR) is 80.5 cm³/mol. The van der Waals surface area contributed by atoms with E-state index >= 15 is 0 Å². The first-order valence-corrected chi connectivity index (χ1v) is 6.94. The van der Waals surface area contributed by atoms with Crippen molar-refractivity contribution in [1.29, 1.82) is 0 Å². The minimum atomic E-state index is -5.11. The molecule has 2 N–H and O–H groups in total. The van der Waals surface area contributed by atoms with Crippen LogP contribution in [0, 0.1) is 0 Å². The van der Waals surface area contributed by atoms with Crippen LogP contribution in [0.25, 0.3) is 0 Å². The van der Waals surface area contributed by atoms with Crippen molar-refractivity contribution >= 4 is 23.2 Å². The lowest BCUT2D eigenvalue weighted by atomic mass is 10.1. The van der Waals surface area contributed by atoms with E-state index in [1.54, 1.807) is 5.32 Å². The topological polar surface area (TPSA) is 58.2 Å². The summed E-state index contributed by atoms with van der Waals surface area (Å²) in [6, 6.07) is 8.63. The van der Waals surface area contributed by atoms with Gasteiger partial charge in [0.1, 0.15) is 0 Å². The van der Waals surface area contributed by atoms with Gasteiger partial charge in [-0.15, -0.1) is 0 Å². The number of carbonyl (C=O) groups excluding carboxylic acids is 2. The molecule has 0 aromatic heterocycles. The van der Waals surface area contributed by atoms with Crippen LogP contribution in [-0.4, -0.2) is 18.0 Å². The molecule has 138 valence electrons. The van der Waals surface area contributed by atoms with E-state index in [1.165, 1.54) is 18.2 Å². The Morgan fingerprint density at radius 1 is 0.769 bits per heavy atom. The number of alkyl halides is 6. The highest BCUT2D eigenvalue weighted by molar-refractivity contribution is 6.06. The Morgan fingerprint density at radius 3 is 1.92 bits per heavy atom. The van der Waals surface area contributed by atoms with Crippen LogP contribution in [0.1, 0.15) is 15.9 Å².